The van der Waals surface area contributed by atoms with E-state index in [1.165, 1.54) is 5.69 Å². The van der Waals surface area contributed by atoms with Gasteiger partial charge in [0.15, 0.2) is 0 Å². The van der Waals surface area contributed by atoms with Crippen LogP contribution in [0.3, 0.4) is 0 Å². The first-order valence-electron chi connectivity index (χ1n) is 5.92. The highest BCUT2D eigenvalue weighted by atomic mass is 79.9. The largest absolute Gasteiger partial charge is 0.389 e. The third-order valence-electron chi connectivity index (χ3n) is 3.02. The number of hydrogen-bond donors (Lipinski definition) is 1. The Labute approximate surface area is 116 Å². The van der Waals surface area contributed by atoms with Gasteiger partial charge in [-0.25, -0.2) is 0 Å². The summed E-state index contributed by atoms with van der Waals surface area (Å²) >= 11 is 5.53. The van der Waals surface area contributed by atoms with E-state index in [2.05, 4.69) is 33.8 Å². The minimum atomic E-state index is -0.414. The number of aliphatic hydroxyl groups is 1. The van der Waals surface area contributed by atoms with Crippen LogP contribution in [0.15, 0.2) is 22.7 Å². The van der Waals surface area contributed by atoms with Crippen LogP contribution >= 0.6 is 27.7 Å². The van der Waals surface area contributed by atoms with Crippen molar-refractivity contribution >= 4 is 33.4 Å². The summed E-state index contributed by atoms with van der Waals surface area (Å²) in [6.45, 7) is 6.21. The minimum absolute atomic E-state index is 0.414. The fourth-order valence-electron chi connectivity index (χ4n) is 2.18. The molecule has 1 N–H and O–H groups in total. The SMILES string of the molecule is CC1CN(c2cc(Br)ccc2C(C)O)CCS1. The van der Waals surface area contributed by atoms with E-state index in [0.717, 1.165) is 28.9 Å². The topological polar surface area (TPSA) is 23.5 Å². The summed E-state index contributed by atoms with van der Waals surface area (Å²) in [5.41, 5.74) is 2.19. The van der Waals surface area contributed by atoms with E-state index in [4.69, 9.17) is 0 Å². The summed E-state index contributed by atoms with van der Waals surface area (Å²) in [7, 11) is 0. The third kappa shape index (κ3) is 3.18. The van der Waals surface area contributed by atoms with Crippen LogP contribution < -0.4 is 4.90 Å². The molecule has 0 saturated carbocycles. The smallest absolute Gasteiger partial charge is 0.0782 e. The Bertz CT molecular complexity index is 397. The first-order valence-corrected chi connectivity index (χ1v) is 7.76. The lowest BCUT2D eigenvalue weighted by Gasteiger charge is -2.34. The molecule has 1 aromatic carbocycles. The molecule has 1 aliphatic rings. The second kappa shape index (κ2) is 5.63. The van der Waals surface area contributed by atoms with Gasteiger partial charge in [-0.05, 0) is 19.1 Å². The zero-order chi connectivity index (χ0) is 12.4. The van der Waals surface area contributed by atoms with Gasteiger partial charge in [0.25, 0.3) is 0 Å². The molecule has 2 atom stereocenters. The fraction of sp³-hybridized carbons (Fsp3) is 0.538. The van der Waals surface area contributed by atoms with Gasteiger partial charge >= 0.3 is 0 Å². The lowest BCUT2D eigenvalue weighted by Crippen LogP contribution is -2.37. The molecule has 1 aliphatic heterocycles. The minimum Gasteiger partial charge on any atom is -0.389 e. The van der Waals surface area contributed by atoms with Crippen LogP contribution in [0.4, 0.5) is 5.69 Å². The van der Waals surface area contributed by atoms with Crippen molar-refractivity contribution in [2.45, 2.75) is 25.2 Å². The Balaban J connectivity index is 2.32. The predicted octanol–water partition coefficient (Wildman–Crippen LogP) is 3.44. The first-order chi connectivity index (χ1) is 8.08. The van der Waals surface area contributed by atoms with Gasteiger partial charge in [-0.2, -0.15) is 11.8 Å². The molecular formula is C13H18BrNOS. The Morgan fingerprint density at radius 1 is 1.53 bits per heavy atom. The molecule has 94 valence electrons. The molecule has 0 aliphatic carbocycles. The molecule has 2 nitrogen and oxygen atoms in total. The lowest BCUT2D eigenvalue weighted by atomic mass is 10.1. The van der Waals surface area contributed by atoms with E-state index in [9.17, 15) is 5.11 Å². The maximum Gasteiger partial charge on any atom is 0.0782 e. The summed E-state index contributed by atoms with van der Waals surface area (Å²) in [5.74, 6) is 1.16. The van der Waals surface area contributed by atoms with E-state index >= 15 is 0 Å². The number of halogens is 1. The van der Waals surface area contributed by atoms with Crippen molar-refractivity contribution in [1.29, 1.82) is 0 Å². The number of anilines is 1. The molecule has 0 spiro atoms. The van der Waals surface area contributed by atoms with Crippen molar-refractivity contribution in [1.82, 2.24) is 0 Å². The van der Waals surface area contributed by atoms with Crippen molar-refractivity contribution in [2.24, 2.45) is 0 Å². The Hall–Kier alpha value is -0.190. The maximum absolute atomic E-state index is 9.84. The monoisotopic (exact) mass is 315 g/mol. The molecule has 2 rings (SSSR count). The van der Waals surface area contributed by atoms with E-state index in [0.29, 0.717) is 5.25 Å². The van der Waals surface area contributed by atoms with Crippen LogP contribution in [0.25, 0.3) is 0 Å². The quantitative estimate of drug-likeness (QED) is 0.904. The molecule has 4 heteroatoms. The van der Waals surface area contributed by atoms with E-state index in [1.54, 1.807) is 0 Å². The number of rotatable bonds is 2. The summed E-state index contributed by atoms with van der Waals surface area (Å²) in [6, 6.07) is 6.12. The van der Waals surface area contributed by atoms with Crippen molar-refractivity contribution in [3.05, 3.63) is 28.2 Å². The van der Waals surface area contributed by atoms with Crippen LogP contribution in [0.5, 0.6) is 0 Å². The van der Waals surface area contributed by atoms with Crippen molar-refractivity contribution < 1.29 is 5.11 Å². The molecule has 0 aromatic heterocycles. The predicted molar refractivity (Wildman–Crippen MR) is 78.9 cm³/mol. The molecule has 1 fully saturated rings. The number of aliphatic hydroxyl groups excluding tert-OH is 1. The molecule has 0 radical (unpaired) electrons. The van der Waals surface area contributed by atoms with Gasteiger partial charge < -0.3 is 10.0 Å². The number of thioether (sulfide) groups is 1. The Morgan fingerprint density at radius 3 is 2.94 bits per heavy atom. The Kier molecular flexibility index (Phi) is 4.39. The number of benzene rings is 1. The van der Waals surface area contributed by atoms with Gasteiger partial charge in [-0.1, -0.05) is 28.9 Å². The van der Waals surface area contributed by atoms with Crippen LogP contribution in [0, 0.1) is 0 Å². The summed E-state index contributed by atoms with van der Waals surface area (Å²) in [6.07, 6.45) is -0.414. The lowest BCUT2D eigenvalue weighted by molar-refractivity contribution is 0.199. The van der Waals surface area contributed by atoms with Crippen molar-refractivity contribution in [3.8, 4) is 0 Å². The van der Waals surface area contributed by atoms with E-state index in [-0.39, 0.29) is 0 Å². The first kappa shape index (κ1) is 13.2. The van der Waals surface area contributed by atoms with Crippen LogP contribution in [0.1, 0.15) is 25.5 Å². The second-order valence-corrected chi connectivity index (χ2v) is 6.97. The van der Waals surface area contributed by atoms with Gasteiger partial charge in [0, 0.05) is 39.8 Å². The normalized spacial score (nSPS) is 22.6. The average Bonchev–Trinajstić information content (AvgIpc) is 2.28. The van der Waals surface area contributed by atoms with Gasteiger partial charge in [-0.3, -0.25) is 0 Å². The zero-order valence-electron chi connectivity index (χ0n) is 10.2. The summed E-state index contributed by atoms with van der Waals surface area (Å²) in [4.78, 5) is 2.38. The van der Waals surface area contributed by atoms with Gasteiger partial charge in [0.05, 0.1) is 6.10 Å². The molecule has 1 aromatic rings. The van der Waals surface area contributed by atoms with Crippen molar-refractivity contribution in [3.63, 3.8) is 0 Å². The fourth-order valence-corrected chi connectivity index (χ4v) is 3.54. The second-order valence-electron chi connectivity index (χ2n) is 4.51. The van der Waals surface area contributed by atoms with E-state index < -0.39 is 6.10 Å². The Morgan fingerprint density at radius 2 is 2.29 bits per heavy atom. The third-order valence-corrected chi connectivity index (χ3v) is 4.65. The standard InChI is InChI=1S/C13H18BrNOS/c1-9-8-15(5-6-17-9)13-7-11(14)3-4-12(13)10(2)16/h3-4,7,9-10,16H,5-6,8H2,1-2H3. The molecular weight excluding hydrogens is 298 g/mol. The molecule has 1 heterocycles. The van der Waals surface area contributed by atoms with Crippen LogP contribution in [-0.2, 0) is 0 Å². The maximum atomic E-state index is 9.84. The van der Waals surface area contributed by atoms with Crippen molar-refractivity contribution in [2.75, 3.05) is 23.7 Å². The summed E-state index contributed by atoms with van der Waals surface area (Å²) in [5, 5.41) is 10.5. The zero-order valence-corrected chi connectivity index (χ0v) is 12.6. The highest BCUT2D eigenvalue weighted by Gasteiger charge is 2.20. The van der Waals surface area contributed by atoms with Gasteiger partial charge in [0.1, 0.15) is 0 Å². The highest BCUT2D eigenvalue weighted by Crippen LogP contribution is 2.32. The molecule has 1 saturated heterocycles. The summed E-state index contributed by atoms with van der Waals surface area (Å²) < 4.78 is 1.07. The number of hydrogen-bond acceptors (Lipinski definition) is 3. The van der Waals surface area contributed by atoms with Crippen LogP contribution in [0.2, 0.25) is 0 Å². The van der Waals surface area contributed by atoms with E-state index in [1.807, 2.05) is 30.8 Å². The number of nitrogens with zero attached hydrogens (tertiary/aromatic N) is 1. The van der Waals surface area contributed by atoms with Gasteiger partial charge in [-0.15, -0.1) is 0 Å². The molecule has 2 unspecified atom stereocenters. The molecule has 0 amide bonds. The molecule has 0 bridgehead atoms. The average molecular weight is 316 g/mol. The molecule has 17 heavy (non-hydrogen) atoms. The van der Waals surface area contributed by atoms with Gasteiger partial charge in [0.2, 0.25) is 0 Å². The van der Waals surface area contributed by atoms with Crippen LogP contribution in [-0.4, -0.2) is 29.2 Å². The highest BCUT2D eigenvalue weighted by molar-refractivity contribution is 9.10.